The average Bonchev–Trinajstić information content (AvgIpc) is 3.42. The summed E-state index contributed by atoms with van der Waals surface area (Å²) in [6, 6.07) is 18.4. The van der Waals surface area contributed by atoms with Crippen LogP contribution in [0.4, 0.5) is 5.13 Å². The molecule has 2 aromatic carbocycles. The quantitative estimate of drug-likeness (QED) is 0.294. The molecule has 3 aromatic heterocycles. The number of furan rings is 1. The summed E-state index contributed by atoms with van der Waals surface area (Å²) in [5.74, 6) is 0.509. The molecule has 8 heteroatoms. The topological polar surface area (TPSA) is 68.5 Å². The number of aromatic nitrogens is 2. The van der Waals surface area contributed by atoms with Gasteiger partial charge in [-0.3, -0.25) is 14.7 Å². The number of pyridine rings is 1. The lowest BCUT2D eigenvalue weighted by atomic mass is 10.2. The van der Waals surface area contributed by atoms with Gasteiger partial charge in [-0.25, -0.2) is 4.98 Å². The third-order valence-corrected chi connectivity index (χ3v) is 6.16. The number of ether oxygens (including phenoxy) is 1. The van der Waals surface area contributed by atoms with Crippen LogP contribution in [0.3, 0.4) is 0 Å². The number of nitrogens with zero attached hydrogens (tertiary/aromatic N) is 3. The van der Waals surface area contributed by atoms with E-state index in [1.165, 1.54) is 11.3 Å². The molecule has 5 aromatic rings. The van der Waals surface area contributed by atoms with Crippen LogP contribution < -0.4 is 9.64 Å². The van der Waals surface area contributed by atoms with Crippen molar-refractivity contribution in [3.8, 4) is 5.75 Å². The SMILES string of the molecule is CCOc1cccc2cc(C(=O)N(Cc3ccccn3)c3nc4ccc(Cl)cc4s3)oc12. The Bertz CT molecular complexity index is 1410. The first kappa shape index (κ1) is 20.5. The van der Waals surface area contributed by atoms with Crippen molar-refractivity contribution < 1.29 is 13.9 Å². The summed E-state index contributed by atoms with van der Waals surface area (Å²) >= 11 is 7.54. The number of benzene rings is 2. The maximum atomic E-state index is 13.6. The number of hydrogen-bond acceptors (Lipinski definition) is 6. The van der Waals surface area contributed by atoms with E-state index in [1.807, 2.05) is 55.5 Å². The fourth-order valence-electron chi connectivity index (χ4n) is 3.43. The Labute approximate surface area is 193 Å². The number of para-hydroxylation sites is 1. The smallest absolute Gasteiger partial charge is 0.296 e. The van der Waals surface area contributed by atoms with Gasteiger partial charge in [0, 0.05) is 16.6 Å². The molecule has 3 heterocycles. The maximum Gasteiger partial charge on any atom is 0.296 e. The fourth-order valence-corrected chi connectivity index (χ4v) is 4.66. The number of hydrogen-bond donors (Lipinski definition) is 0. The van der Waals surface area contributed by atoms with Gasteiger partial charge in [-0.1, -0.05) is 41.1 Å². The molecule has 0 spiro atoms. The van der Waals surface area contributed by atoms with Crippen LogP contribution in [0.15, 0.2) is 71.3 Å². The second-order valence-corrected chi connectivity index (χ2v) is 8.48. The number of rotatable bonds is 6. The predicted octanol–water partition coefficient (Wildman–Crippen LogP) is 6.34. The summed E-state index contributed by atoms with van der Waals surface area (Å²) in [5.41, 5.74) is 2.06. The van der Waals surface area contributed by atoms with E-state index in [4.69, 9.17) is 20.8 Å². The summed E-state index contributed by atoms with van der Waals surface area (Å²) in [7, 11) is 0. The highest BCUT2D eigenvalue weighted by Crippen LogP contribution is 2.34. The van der Waals surface area contributed by atoms with Gasteiger partial charge in [0.15, 0.2) is 22.2 Å². The zero-order valence-electron chi connectivity index (χ0n) is 17.1. The number of carbonyl (C=O) groups is 1. The van der Waals surface area contributed by atoms with Gasteiger partial charge in [0.05, 0.1) is 29.1 Å². The standard InChI is InChI=1S/C24H18ClN3O3S/c1-2-30-19-8-5-6-15-12-20(31-22(15)19)23(29)28(14-17-7-3-4-11-26-17)24-27-18-10-9-16(25)13-21(18)32-24/h3-13H,2,14H2,1H3. The molecule has 0 N–H and O–H groups in total. The molecule has 0 aliphatic heterocycles. The highest BCUT2D eigenvalue weighted by Gasteiger charge is 2.26. The van der Waals surface area contributed by atoms with Gasteiger partial charge in [0.2, 0.25) is 0 Å². The van der Waals surface area contributed by atoms with E-state index < -0.39 is 0 Å². The summed E-state index contributed by atoms with van der Waals surface area (Å²) in [6.45, 7) is 2.66. The molecule has 0 aliphatic carbocycles. The number of thiazole rings is 1. The van der Waals surface area contributed by atoms with Crippen molar-refractivity contribution in [1.29, 1.82) is 0 Å². The van der Waals surface area contributed by atoms with Crippen LogP contribution in [0, 0.1) is 0 Å². The molecule has 1 amide bonds. The molecule has 0 saturated heterocycles. The zero-order valence-corrected chi connectivity index (χ0v) is 18.7. The second-order valence-electron chi connectivity index (χ2n) is 7.04. The number of anilines is 1. The van der Waals surface area contributed by atoms with Gasteiger partial charge in [-0.15, -0.1) is 0 Å². The molecular weight excluding hydrogens is 446 g/mol. The molecule has 32 heavy (non-hydrogen) atoms. The number of fused-ring (bicyclic) bond motifs is 2. The molecule has 0 unspecified atom stereocenters. The van der Waals surface area contributed by atoms with Crippen LogP contribution in [0.5, 0.6) is 5.75 Å². The Morgan fingerprint density at radius 2 is 2.06 bits per heavy atom. The minimum absolute atomic E-state index is 0.209. The summed E-state index contributed by atoms with van der Waals surface area (Å²) in [4.78, 5) is 24.3. The second kappa shape index (κ2) is 8.61. The highest BCUT2D eigenvalue weighted by atomic mass is 35.5. The Balaban J connectivity index is 1.58. The molecule has 6 nitrogen and oxygen atoms in total. The third-order valence-electron chi connectivity index (χ3n) is 4.88. The maximum absolute atomic E-state index is 13.6. The zero-order chi connectivity index (χ0) is 22.1. The van der Waals surface area contributed by atoms with Crippen LogP contribution in [0.1, 0.15) is 23.2 Å². The number of carbonyl (C=O) groups excluding carboxylic acids is 1. The van der Waals surface area contributed by atoms with E-state index >= 15 is 0 Å². The van der Waals surface area contributed by atoms with E-state index in [9.17, 15) is 4.79 Å². The van der Waals surface area contributed by atoms with E-state index in [2.05, 4.69) is 9.97 Å². The minimum Gasteiger partial charge on any atom is -0.490 e. The molecule has 0 atom stereocenters. The average molecular weight is 464 g/mol. The van der Waals surface area contributed by atoms with Crippen LogP contribution >= 0.6 is 22.9 Å². The first-order valence-corrected chi connectivity index (χ1v) is 11.2. The van der Waals surface area contributed by atoms with Crippen molar-refractivity contribution in [1.82, 2.24) is 9.97 Å². The molecule has 0 bridgehead atoms. The fraction of sp³-hybridized carbons (Fsp3) is 0.125. The lowest BCUT2D eigenvalue weighted by molar-refractivity contribution is 0.0960. The summed E-state index contributed by atoms with van der Waals surface area (Å²) in [5, 5.41) is 1.97. The monoisotopic (exact) mass is 463 g/mol. The molecule has 0 aliphatic rings. The van der Waals surface area contributed by atoms with E-state index in [1.54, 1.807) is 23.2 Å². The minimum atomic E-state index is -0.306. The predicted molar refractivity (Wildman–Crippen MR) is 127 cm³/mol. The molecule has 160 valence electrons. The Kier molecular flexibility index (Phi) is 5.51. The van der Waals surface area contributed by atoms with Gasteiger partial charge in [0.25, 0.3) is 5.91 Å². The lowest BCUT2D eigenvalue weighted by Gasteiger charge is -2.18. The van der Waals surface area contributed by atoms with Gasteiger partial charge in [-0.05, 0) is 49.4 Å². The molecule has 0 saturated carbocycles. The van der Waals surface area contributed by atoms with Crippen molar-refractivity contribution in [2.45, 2.75) is 13.5 Å². The Hall–Kier alpha value is -3.42. The number of halogens is 1. The molecular formula is C24H18ClN3O3S. The molecule has 0 radical (unpaired) electrons. The molecule has 5 rings (SSSR count). The molecule has 0 fully saturated rings. The van der Waals surface area contributed by atoms with Crippen molar-refractivity contribution in [2.75, 3.05) is 11.5 Å². The van der Waals surface area contributed by atoms with Crippen molar-refractivity contribution in [3.05, 3.63) is 83.3 Å². The van der Waals surface area contributed by atoms with Crippen molar-refractivity contribution >= 4 is 55.2 Å². The summed E-state index contributed by atoms with van der Waals surface area (Å²) in [6.07, 6.45) is 1.70. The Morgan fingerprint density at radius 1 is 1.16 bits per heavy atom. The van der Waals surface area contributed by atoms with Crippen LogP contribution in [0.25, 0.3) is 21.2 Å². The largest absolute Gasteiger partial charge is 0.490 e. The van der Waals surface area contributed by atoms with Crippen molar-refractivity contribution in [2.24, 2.45) is 0 Å². The Morgan fingerprint density at radius 3 is 2.88 bits per heavy atom. The van der Waals surface area contributed by atoms with Gasteiger partial charge in [0.1, 0.15) is 0 Å². The van der Waals surface area contributed by atoms with Crippen LogP contribution in [0.2, 0.25) is 5.02 Å². The van der Waals surface area contributed by atoms with Gasteiger partial charge < -0.3 is 9.15 Å². The third kappa shape index (κ3) is 3.92. The van der Waals surface area contributed by atoms with Crippen LogP contribution in [-0.2, 0) is 6.54 Å². The van der Waals surface area contributed by atoms with E-state index in [0.29, 0.717) is 28.1 Å². The first-order chi connectivity index (χ1) is 15.6. The lowest BCUT2D eigenvalue weighted by Crippen LogP contribution is -2.30. The van der Waals surface area contributed by atoms with Gasteiger partial charge in [-0.2, -0.15) is 0 Å². The van der Waals surface area contributed by atoms with Crippen molar-refractivity contribution in [3.63, 3.8) is 0 Å². The van der Waals surface area contributed by atoms with Crippen LogP contribution in [-0.4, -0.2) is 22.5 Å². The highest BCUT2D eigenvalue weighted by molar-refractivity contribution is 7.22. The first-order valence-electron chi connectivity index (χ1n) is 10.1. The normalized spacial score (nSPS) is 11.2. The van der Waals surface area contributed by atoms with E-state index in [0.717, 1.165) is 21.3 Å². The summed E-state index contributed by atoms with van der Waals surface area (Å²) < 4.78 is 12.5. The van der Waals surface area contributed by atoms with Gasteiger partial charge >= 0.3 is 0 Å². The van der Waals surface area contributed by atoms with E-state index in [-0.39, 0.29) is 18.2 Å². The number of amides is 1.